The van der Waals surface area contributed by atoms with Crippen LogP contribution in [0.2, 0.25) is 0 Å². The molecular formula is C23H21NO2. The summed E-state index contributed by atoms with van der Waals surface area (Å²) in [4.78, 5) is 14.6. The van der Waals surface area contributed by atoms with Gasteiger partial charge in [-0.3, -0.25) is 4.79 Å². The SMILES string of the molecule is CN1C(=O)C(C(O)(c2ccccc2)c2ccccc2)C1c1ccccc1. The Labute approximate surface area is 153 Å². The molecule has 1 heterocycles. The van der Waals surface area contributed by atoms with Crippen LogP contribution in [0.4, 0.5) is 0 Å². The second-order valence-corrected chi connectivity index (χ2v) is 6.78. The van der Waals surface area contributed by atoms with E-state index in [-0.39, 0.29) is 11.9 Å². The van der Waals surface area contributed by atoms with E-state index in [1.807, 2.05) is 91.0 Å². The molecule has 0 aromatic heterocycles. The minimum atomic E-state index is -1.38. The fourth-order valence-electron chi connectivity index (χ4n) is 4.02. The summed E-state index contributed by atoms with van der Waals surface area (Å²) in [5.74, 6) is -0.617. The molecule has 130 valence electrons. The summed E-state index contributed by atoms with van der Waals surface area (Å²) in [5.41, 5.74) is 1.12. The first-order valence-corrected chi connectivity index (χ1v) is 8.79. The summed E-state index contributed by atoms with van der Waals surface area (Å²) >= 11 is 0. The van der Waals surface area contributed by atoms with E-state index >= 15 is 0 Å². The zero-order valence-corrected chi connectivity index (χ0v) is 14.6. The van der Waals surface area contributed by atoms with Gasteiger partial charge < -0.3 is 10.0 Å². The van der Waals surface area contributed by atoms with Crippen molar-refractivity contribution in [1.82, 2.24) is 4.90 Å². The van der Waals surface area contributed by atoms with Gasteiger partial charge in [-0.25, -0.2) is 0 Å². The Morgan fingerprint density at radius 2 is 1.19 bits per heavy atom. The van der Waals surface area contributed by atoms with Crippen LogP contribution in [0.1, 0.15) is 22.7 Å². The van der Waals surface area contributed by atoms with Gasteiger partial charge in [0.2, 0.25) is 5.91 Å². The third-order valence-corrected chi connectivity index (χ3v) is 5.37. The number of nitrogens with zero attached hydrogens (tertiary/aromatic N) is 1. The van der Waals surface area contributed by atoms with Crippen molar-refractivity contribution in [3.63, 3.8) is 0 Å². The Morgan fingerprint density at radius 3 is 1.65 bits per heavy atom. The van der Waals surface area contributed by atoms with Crippen LogP contribution >= 0.6 is 0 Å². The molecule has 0 spiro atoms. The van der Waals surface area contributed by atoms with Crippen LogP contribution in [0.5, 0.6) is 0 Å². The first kappa shape index (κ1) is 16.6. The van der Waals surface area contributed by atoms with E-state index in [2.05, 4.69) is 0 Å². The van der Waals surface area contributed by atoms with Crippen molar-refractivity contribution in [2.24, 2.45) is 5.92 Å². The van der Waals surface area contributed by atoms with Crippen molar-refractivity contribution in [3.8, 4) is 0 Å². The number of hydrogen-bond acceptors (Lipinski definition) is 2. The normalized spacial score (nSPS) is 19.9. The maximum atomic E-state index is 12.9. The first-order valence-electron chi connectivity index (χ1n) is 8.79. The highest BCUT2D eigenvalue weighted by Gasteiger charge is 2.58. The van der Waals surface area contributed by atoms with Gasteiger partial charge in [-0.1, -0.05) is 91.0 Å². The summed E-state index contributed by atoms with van der Waals surface area (Å²) in [6.07, 6.45) is 0. The number of rotatable bonds is 4. The summed E-state index contributed by atoms with van der Waals surface area (Å²) in [7, 11) is 1.80. The molecule has 4 rings (SSSR count). The molecule has 1 aliphatic rings. The van der Waals surface area contributed by atoms with E-state index in [0.717, 1.165) is 16.7 Å². The first-order chi connectivity index (χ1) is 12.6. The number of benzene rings is 3. The number of aliphatic hydroxyl groups is 1. The van der Waals surface area contributed by atoms with E-state index in [1.165, 1.54) is 0 Å². The van der Waals surface area contributed by atoms with Gasteiger partial charge in [-0.05, 0) is 16.7 Å². The average Bonchev–Trinajstić information content (AvgIpc) is 2.72. The second kappa shape index (κ2) is 6.43. The molecule has 1 aliphatic heterocycles. The Morgan fingerprint density at radius 1 is 0.769 bits per heavy atom. The van der Waals surface area contributed by atoms with E-state index in [9.17, 15) is 9.90 Å². The van der Waals surface area contributed by atoms with E-state index in [4.69, 9.17) is 0 Å². The van der Waals surface area contributed by atoms with Crippen LogP contribution in [0.3, 0.4) is 0 Å². The number of amides is 1. The van der Waals surface area contributed by atoms with Crippen molar-refractivity contribution < 1.29 is 9.90 Å². The highest BCUT2D eigenvalue weighted by Crippen LogP contribution is 2.51. The topological polar surface area (TPSA) is 40.5 Å². The molecule has 1 amide bonds. The smallest absolute Gasteiger partial charge is 0.232 e. The Hall–Kier alpha value is -2.91. The van der Waals surface area contributed by atoms with Crippen molar-refractivity contribution in [2.75, 3.05) is 7.05 Å². The number of likely N-dealkylation sites (tertiary alicyclic amines) is 1. The number of hydrogen-bond donors (Lipinski definition) is 1. The largest absolute Gasteiger partial charge is 0.379 e. The van der Waals surface area contributed by atoms with Crippen LogP contribution in [-0.4, -0.2) is 23.0 Å². The lowest BCUT2D eigenvalue weighted by molar-refractivity contribution is -0.171. The molecule has 2 unspecified atom stereocenters. The highest BCUT2D eigenvalue weighted by molar-refractivity contribution is 5.88. The molecule has 1 N–H and O–H groups in total. The van der Waals surface area contributed by atoms with Crippen LogP contribution in [-0.2, 0) is 10.4 Å². The molecule has 3 heteroatoms. The van der Waals surface area contributed by atoms with Gasteiger partial charge in [0.15, 0.2) is 0 Å². The Balaban J connectivity index is 1.88. The molecule has 0 bridgehead atoms. The van der Waals surface area contributed by atoms with E-state index in [1.54, 1.807) is 11.9 Å². The minimum Gasteiger partial charge on any atom is -0.379 e. The van der Waals surface area contributed by atoms with Crippen LogP contribution in [0.25, 0.3) is 0 Å². The maximum Gasteiger partial charge on any atom is 0.232 e. The summed E-state index contributed by atoms with van der Waals surface area (Å²) < 4.78 is 0. The Kier molecular flexibility index (Phi) is 4.09. The fourth-order valence-corrected chi connectivity index (χ4v) is 4.02. The third-order valence-electron chi connectivity index (χ3n) is 5.37. The lowest BCUT2D eigenvalue weighted by atomic mass is 9.66. The quantitative estimate of drug-likeness (QED) is 0.733. The molecule has 0 aliphatic carbocycles. The van der Waals surface area contributed by atoms with Crippen molar-refractivity contribution in [2.45, 2.75) is 11.6 Å². The molecular weight excluding hydrogens is 322 g/mol. The van der Waals surface area contributed by atoms with Crippen LogP contribution in [0, 0.1) is 5.92 Å². The standard InChI is InChI=1S/C23H21NO2/c1-24-21(17-11-5-2-6-12-17)20(22(24)25)23(26,18-13-7-3-8-14-18)19-15-9-4-10-16-19/h2-16,20-21,26H,1H3. The fraction of sp³-hybridized carbons (Fsp3) is 0.174. The zero-order valence-electron chi connectivity index (χ0n) is 14.6. The van der Waals surface area contributed by atoms with Gasteiger partial charge in [-0.2, -0.15) is 0 Å². The zero-order chi connectivity index (χ0) is 18.1. The Bertz CT molecular complexity index is 854. The lowest BCUT2D eigenvalue weighted by Gasteiger charge is -2.52. The minimum absolute atomic E-state index is 0.0472. The average molecular weight is 343 g/mol. The number of carbonyl (C=O) groups is 1. The van der Waals surface area contributed by atoms with Crippen molar-refractivity contribution >= 4 is 5.91 Å². The van der Waals surface area contributed by atoms with Crippen LogP contribution in [0.15, 0.2) is 91.0 Å². The van der Waals surface area contributed by atoms with E-state index in [0.29, 0.717) is 0 Å². The molecule has 0 saturated carbocycles. The third kappa shape index (κ3) is 2.44. The summed E-state index contributed by atoms with van der Waals surface area (Å²) in [6.45, 7) is 0. The maximum absolute atomic E-state index is 12.9. The van der Waals surface area contributed by atoms with Gasteiger partial charge in [0.05, 0.1) is 12.0 Å². The molecule has 1 fully saturated rings. The van der Waals surface area contributed by atoms with Gasteiger partial charge in [-0.15, -0.1) is 0 Å². The highest BCUT2D eigenvalue weighted by atomic mass is 16.3. The lowest BCUT2D eigenvalue weighted by Crippen LogP contribution is -2.61. The predicted molar refractivity (Wildman–Crippen MR) is 101 cm³/mol. The molecule has 26 heavy (non-hydrogen) atoms. The molecule has 3 nitrogen and oxygen atoms in total. The van der Waals surface area contributed by atoms with Gasteiger partial charge in [0.25, 0.3) is 0 Å². The summed E-state index contributed by atoms with van der Waals surface area (Å²) in [6, 6.07) is 28.7. The van der Waals surface area contributed by atoms with Crippen molar-refractivity contribution in [3.05, 3.63) is 108 Å². The van der Waals surface area contributed by atoms with Gasteiger partial charge >= 0.3 is 0 Å². The van der Waals surface area contributed by atoms with Crippen LogP contribution < -0.4 is 0 Å². The second-order valence-electron chi connectivity index (χ2n) is 6.78. The molecule has 3 aromatic carbocycles. The van der Waals surface area contributed by atoms with E-state index < -0.39 is 11.5 Å². The molecule has 2 atom stereocenters. The van der Waals surface area contributed by atoms with Gasteiger partial charge in [0, 0.05) is 7.05 Å². The van der Waals surface area contributed by atoms with Gasteiger partial charge in [0.1, 0.15) is 5.60 Å². The molecule has 3 aromatic rings. The number of carbonyl (C=O) groups excluding carboxylic acids is 1. The molecule has 0 radical (unpaired) electrons. The number of β-lactam (4-membered cyclic amide) rings is 1. The monoisotopic (exact) mass is 343 g/mol. The summed E-state index contributed by atoms with van der Waals surface area (Å²) in [5, 5.41) is 11.9. The van der Waals surface area contributed by atoms with Crippen molar-refractivity contribution in [1.29, 1.82) is 0 Å². The predicted octanol–water partition coefficient (Wildman–Crippen LogP) is 3.75. The molecule has 1 saturated heterocycles.